The minimum absolute atomic E-state index is 0.0255. The Kier molecular flexibility index (Phi) is 7.75. The third-order valence-corrected chi connectivity index (χ3v) is 7.40. The molecule has 1 aliphatic rings. The lowest BCUT2D eigenvalue weighted by atomic mass is 10.0. The van der Waals surface area contributed by atoms with Gasteiger partial charge in [-0.3, -0.25) is 13.5 Å². The van der Waals surface area contributed by atoms with E-state index in [-0.39, 0.29) is 24.3 Å². The van der Waals surface area contributed by atoms with Gasteiger partial charge in [-0.25, -0.2) is 14.4 Å². The van der Waals surface area contributed by atoms with Crippen molar-refractivity contribution in [2.75, 3.05) is 11.9 Å². The first-order chi connectivity index (χ1) is 17.9. The molecule has 3 atom stereocenters. The number of fused-ring (bicyclic) bond motifs is 1. The first-order valence-electron chi connectivity index (χ1n) is 11.8. The Hall–Kier alpha value is -2.99. The van der Waals surface area contributed by atoms with Gasteiger partial charge in [-0.1, -0.05) is 28.1 Å². The number of ketones is 1. The first-order valence-corrected chi connectivity index (χ1v) is 13.6. The summed E-state index contributed by atoms with van der Waals surface area (Å²) < 4.78 is 41.6. The number of anilines is 1. The van der Waals surface area contributed by atoms with Crippen LogP contribution in [-0.4, -0.2) is 41.7 Å². The Morgan fingerprint density at radius 3 is 2.92 bits per heavy atom. The van der Waals surface area contributed by atoms with Crippen molar-refractivity contribution in [3.05, 3.63) is 88.2 Å². The molecule has 0 amide bonds. The molecule has 2 aromatic carbocycles. The van der Waals surface area contributed by atoms with Crippen LogP contribution < -0.4 is 5.32 Å². The largest absolute Gasteiger partial charge is 0.367 e. The van der Waals surface area contributed by atoms with E-state index in [1.165, 1.54) is 24.7 Å². The van der Waals surface area contributed by atoms with Crippen molar-refractivity contribution < 1.29 is 22.1 Å². The highest BCUT2D eigenvalue weighted by atomic mass is 79.9. The van der Waals surface area contributed by atoms with Crippen LogP contribution in [0, 0.1) is 11.7 Å². The number of halogens is 2. The number of aromatic nitrogens is 3. The lowest BCUT2D eigenvalue weighted by molar-refractivity contribution is 0.104. The Bertz CT molecular complexity index is 1480. The molecule has 5 rings (SSSR count). The number of benzene rings is 2. The van der Waals surface area contributed by atoms with E-state index in [1.54, 1.807) is 12.3 Å². The number of rotatable bonds is 9. The predicted molar refractivity (Wildman–Crippen MR) is 142 cm³/mol. The molecule has 37 heavy (non-hydrogen) atoms. The normalized spacial score (nSPS) is 18.2. The van der Waals surface area contributed by atoms with Crippen LogP contribution in [0.2, 0.25) is 0 Å². The molecule has 0 aliphatic heterocycles. The zero-order valence-electron chi connectivity index (χ0n) is 19.6. The van der Waals surface area contributed by atoms with Crippen LogP contribution in [0.3, 0.4) is 0 Å². The summed E-state index contributed by atoms with van der Waals surface area (Å²) in [6.45, 7) is 0.704. The maximum Gasteiger partial charge on any atom is 0.301 e. The molecular weight excluding hydrogens is 563 g/mol. The summed E-state index contributed by atoms with van der Waals surface area (Å²) in [4.78, 5) is 22.2. The highest BCUT2D eigenvalue weighted by molar-refractivity contribution is 9.10. The summed E-state index contributed by atoms with van der Waals surface area (Å²) in [6, 6.07) is 12.4. The zero-order valence-corrected chi connectivity index (χ0v) is 22.0. The standard InChI is InChI=1S/C26H24BrFN4O4S/c27-18-3-1-2-16(8-18)12-32-13-23(21-10-19(28)5-7-24(21)32)25(33)22-11-29-15-30-26(22)31-20-6-4-17(9-20)14-36-37(34)35/h1-3,5,7-8,10-11,13,15,17,20H,4,6,9,12,14H2,(H,34,35)(H,29,30,31)/t17-,20+/m1/s1. The van der Waals surface area contributed by atoms with Gasteiger partial charge < -0.3 is 9.88 Å². The first kappa shape index (κ1) is 25.7. The molecule has 8 nitrogen and oxygen atoms in total. The maximum atomic E-state index is 14.3. The van der Waals surface area contributed by atoms with Crippen molar-refractivity contribution in [2.24, 2.45) is 5.92 Å². The number of hydrogen-bond donors (Lipinski definition) is 2. The molecule has 1 aliphatic carbocycles. The fourth-order valence-electron chi connectivity index (χ4n) is 4.87. The minimum Gasteiger partial charge on any atom is -0.367 e. The van der Waals surface area contributed by atoms with Gasteiger partial charge in [-0.2, -0.15) is 4.21 Å². The van der Waals surface area contributed by atoms with Crippen LogP contribution in [0.1, 0.15) is 40.7 Å². The Balaban J connectivity index is 1.43. The molecule has 11 heteroatoms. The van der Waals surface area contributed by atoms with E-state index < -0.39 is 17.2 Å². The van der Waals surface area contributed by atoms with Crippen molar-refractivity contribution in [3.63, 3.8) is 0 Å². The summed E-state index contributed by atoms with van der Waals surface area (Å²) in [6.07, 6.45) is 6.94. The van der Waals surface area contributed by atoms with E-state index in [0.717, 1.165) is 28.4 Å². The molecule has 2 aromatic heterocycles. The summed E-state index contributed by atoms with van der Waals surface area (Å²) in [5.41, 5.74) is 2.44. The number of nitrogens with zero attached hydrogens (tertiary/aromatic N) is 3. The van der Waals surface area contributed by atoms with Gasteiger partial charge in [0.1, 0.15) is 18.0 Å². The predicted octanol–water partition coefficient (Wildman–Crippen LogP) is 5.35. The van der Waals surface area contributed by atoms with Gasteiger partial charge in [0.05, 0.1) is 12.2 Å². The molecule has 0 radical (unpaired) electrons. The molecule has 2 N–H and O–H groups in total. The van der Waals surface area contributed by atoms with Crippen LogP contribution in [-0.2, 0) is 22.1 Å². The number of nitrogens with one attached hydrogen (secondary N) is 1. The number of carbonyl (C=O) groups is 1. The molecule has 4 aromatic rings. The minimum atomic E-state index is -2.28. The van der Waals surface area contributed by atoms with E-state index in [0.29, 0.717) is 35.3 Å². The maximum absolute atomic E-state index is 14.3. The second-order valence-electron chi connectivity index (χ2n) is 9.10. The molecule has 1 fully saturated rings. The fraction of sp³-hybridized carbons (Fsp3) is 0.269. The van der Waals surface area contributed by atoms with E-state index in [4.69, 9.17) is 8.74 Å². The highest BCUT2D eigenvalue weighted by Gasteiger charge is 2.28. The molecule has 0 saturated heterocycles. The third kappa shape index (κ3) is 5.96. The zero-order chi connectivity index (χ0) is 25.9. The average Bonchev–Trinajstić information content (AvgIpc) is 3.47. The SMILES string of the molecule is O=C(c1cncnc1N[C@H]1CC[C@@H](COS(=O)O)C1)c1cn(Cc2cccc(Br)c2)c2ccc(F)cc12. The highest BCUT2D eigenvalue weighted by Crippen LogP contribution is 2.31. The van der Waals surface area contributed by atoms with Crippen molar-refractivity contribution in [3.8, 4) is 0 Å². The van der Waals surface area contributed by atoms with Crippen LogP contribution in [0.25, 0.3) is 10.9 Å². The Morgan fingerprint density at radius 2 is 2.11 bits per heavy atom. The molecule has 1 unspecified atom stereocenters. The summed E-state index contributed by atoms with van der Waals surface area (Å²) in [5, 5.41) is 3.86. The van der Waals surface area contributed by atoms with Gasteiger partial charge in [-0.05, 0) is 61.1 Å². The lowest BCUT2D eigenvalue weighted by Gasteiger charge is -2.16. The average molecular weight is 587 g/mol. The third-order valence-electron chi connectivity index (χ3n) is 6.57. The molecule has 0 bridgehead atoms. The molecule has 1 saturated carbocycles. The topological polar surface area (TPSA) is 106 Å². The second-order valence-corrected chi connectivity index (χ2v) is 10.7. The van der Waals surface area contributed by atoms with Gasteiger partial charge >= 0.3 is 11.4 Å². The van der Waals surface area contributed by atoms with E-state index in [2.05, 4.69) is 31.2 Å². The van der Waals surface area contributed by atoms with Crippen LogP contribution in [0.4, 0.5) is 10.2 Å². The molecule has 2 heterocycles. The van der Waals surface area contributed by atoms with Crippen LogP contribution in [0.5, 0.6) is 0 Å². The van der Waals surface area contributed by atoms with Crippen LogP contribution in [0.15, 0.2) is 65.7 Å². The summed E-state index contributed by atoms with van der Waals surface area (Å²) in [5.74, 6) is -0.192. The summed E-state index contributed by atoms with van der Waals surface area (Å²) in [7, 11) is 0. The molecule has 0 spiro atoms. The van der Waals surface area contributed by atoms with Crippen molar-refractivity contribution >= 4 is 49.8 Å². The van der Waals surface area contributed by atoms with E-state index in [1.807, 2.05) is 28.8 Å². The quantitative estimate of drug-likeness (QED) is 0.201. The monoisotopic (exact) mass is 586 g/mol. The van der Waals surface area contributed by atoms with Crippen LogP contribution >= 0.6 is 15.9 Å². The summed E-state index contributed by atoms with van der Waals surface area (Å²) >= 11 is 1.21. The number of hydrogen-bond acceptors (Lipinski definition) is 6. The van der Waals surface area contributed by atoms with E-state index >= 15 is 0 Å². The van der Waals surface area contributed by atoms with Crippen molar-refractivity contribution in [2.45, 2.75) is 31.8 Å². The lowest BCUT2D eigenvalue weighted by Crippen LogP contribution is -2.20. The van der Waals surface area contributed by atoms with Gasteiger partial charge in [0.15, 0.2) is 5.78 Å². The van der Waals surface area contributed by atoms with Crippen molar-refractivity contribution in [1.82, 2.24) is 14.5 Å². The number of carbonyl (C=O) groups excluding carboxylic acids is 1. The molecular formula is C26H24BrFN4O4S. The van der Waals surface area contributed by atoms with Gasteiger partial charge in [0, 0.05) is 45.9 Å². The van der Waals surface area contributed by atoms with Crippen molar-refractivity contribution in [1.29, 1.82) is 0 Å². The second kappa shape index (κ2) is 11.2. The Morgan fingerprint density at radius 1 is 1.24 bits per heavy atom. The fourth-order valence-corrected chi connectivity index (χ4v) is 5.63. The van der Waals surface area contributed by atoms with Gasteiger partial charge in [-0.15, -0.1) is 0 Å². The van der Waals surface area contributed by atoms with Gasteiger partial charge in [0.25, 0.3) is 0 Å². The van der Waals surface area contributed by atoms with E-state index in [9.17, 15) is 13.4 Å². The smallest absolute Gasteiger partial charge is 0.301 e. The Labute approximate surface area is 223 Å². The molecule has 192 valence electrons. The van der Waals surface area contributed by atoms with Gasteiger partial charge in [0.2, 0.25) is 0 Å².